The fraction of sp³-hybridized carbons (Fsp3) is 0.409. The summed E-state index contributed by atoms with van der Waals surface area (Å²) in [5.41, 5.74) is 1.69. The number of carbonyl (C=O) groups excluding carboxylic acids is 1. The van der Waals surface area contributed by atoms with Crippen LogP contribution in [0.4, 0.5) is 10.6 Å². The van der Waals surface area contributed by atoms with Gasteiger partial charge in [0.25, 0.3) is 0 Å². The third-order valence-electron chi connectivity index (χ3n) is 5.21. The zero-order valence-electron chi connectivity index (χ0n) is 17.6. The van der Waals surface area contributed by atoms with E-state index in [-0.39, 0.29) is 24.3 Å². The lowest BCUT2D eigenvalue weighted by Crippen LogP contribution is -2.35. The molecule has 3 heterocycles. The number of ether oxygens (including phenoxy) is 3. The molecule has 3 N–H and O–H groups in total. The Labute approximate surface area is 180 Å². The van der Waals surface area contributed by atoms with E-state index in [4.69, 9.17) is 14.2 Å². The van der Waals surface area contributed by atoms with Crippen molar-refractivity contribution in [3.8, 4) is 5.88 Å². The molecular formula is C22H27N5O4. The number of fused-ring (bicyclic) bond motifs is 1. The Morgan fingerprint density at radius 1 is 1.35 bits per heavy atom. The van der Waals surface area contributed by atoms with E-state index in [0.717, 1.165) is 29.3 Å². The van der Waals surface area contributed by atoms with Crippen molar-refractivity contribution in [3.05, 3.63) is 48.2 Å². The summed E-state index contributed by atoms with van der Waals surface area (Å²) in [5.74, 6) is 0.922. The maximum Gasteiger partial charge on any atom is 0.320 e. The minimum absolute atomic E-state index is 0.0644. The fourth-order valence-corrected chi connectivity index (χ4v) is 3.65. The zero-order valence-corrected chi connectivity index (χ0v) is 17.6. The van der Waals surface area contributed by atoms with Gasteiger partial charge in [-0.15, -0.1) is 5.10 Å². The highest BCUT2D eigenvalue weighted by atomic mass is 16.5. The minimum atomic E-state index is -0.370. The molecule has 164 valence electrons. The fourth-order valence-electron chi connectivity index (χ4n) is 3.65. The van der Waals surface area contributed by atoms with Gasteiger partial charge >= 0.3 is 6.03 Å². The van der Waals surface area contributed by atoms with Crippen LogP contribution >= 0.6 is 0 Å². The third kappa shape index (κ3) is 5.31. The van der Waals surface area contributed by atoms with E-state index in [1.165, 1.54) is 0 Å². The van der Waals surface area contributed by atoms with Crippen LogP contribution in [-0.4, -0.2) is 53.7 Å². The lowest BCUT2D eigenvalue weighted by atomic mass is 10.1. The molecule has 2 amide bonds. The molecule has 3 aromatic rings. The van der Waals surface area contributed by atoms with E-state index >= 15 is 0 Å². The second-order valence-electron chi connectivity index (χ2n) is 7.61. The lowest BCUT2D eigenvalue weighted by molar-refractivity contribution is -0.0260. The van der Waals surface area contributed by atoms with Crippen LogP contribution in [0.3, 0.4) is 0 Å². The number of urea groups is 1. The summed E-state index contributed by atoms with van der Waals surface area (Å²) in [6.45, 7) is 3.08. The van der Waals surface area contributed by atoms with E-state index in [9.17, 15) is 4.79 Å². The van der Waals surface area contributed by atoms with Crippen LogP contribution in [0.5, 0.6) is 5.88 Å². The second kappa shape index (κ2) is 9.76. The Morgan fingerprint density at radius 3 is 2.97 bits per heavy atom. The summed E-state index contributed by atoms with van der Waals surface area (Å²) in [5, 5.41) is 13.7. The summed E-state index contributed by atoms with van der Waals surface area (Å²) >= 11 is 0. The standard InChI is InChI=1S/C22H27N5O4/c1-14-10-16(8-9-30-14)31-21-17-12-23-20(11-18(17)26-27-21)25-22(28)24-19(13-29-2)15-6-4-3-5-7-15/h3-7,11-12,14,16,19H,8-10,13H2,1-2H3,(H,26,27)(H2,23,24,25,28)/t14-,16+,19+/m0/s1. The number of hydrogen-bond acceptors (Lipinski definition) is 6. The first kappa shape index (κ1) is 21.1. The summed E-state index contributed by atoms with van der Waals surface area (Å²) < 4.78 is 16.9. The number of nitrogens with one attached hydrogen (secondary N) is 3. The zero-order chi connectivity index (χ0) is 21.6. The number of methoxy groups -OCH3 is 1. The van der Waals surface area contributed by atoms with Gasteiger partial charge in [0, 0.05) is 32.2 Å². The minimum Gasteiger partial charge on any atom is -0.473 e. The van der Waals surface area contributed by atoms with Crippen molar-refractivity contribution in [2.75, 3.05) is 25.6 Å². The monoisotopic (exact) mass is 425 g/mol. The molecule has 1 fully saturated rings. The average Bonchev–Trinajstić information content (AvgIpc) is 3.16. The topological polar surface area (TPSA) is 110 Å². The van der Waals surface area contributed by atoms with Gasteiger partial charge in [0.05, 0.1) is 36.3 Å². The van der Waals surface area contributed by atoms with Gasteiger partial charge in [-0.1, -0.05) is 30.3 Å². The number of pyridine rings is 1. The van der Waals surface area contributed by atoms with Crippen molar-refractivity contribution in [1.82, 2.24) is 20.5 Å². The molecule has 3 atom stereocenters. The molecular weight excluding hydrogens is 398 g/mol. The van der Waals surface area contributed by atoms with Gasteiger partial charge in [0.2, 0.25) is 5.88 Å². The highest BCUT2D eigenvalue weighted by molar-refractivity contribution is 5.92. The number of hydrogen-bond donors (Lipinski definition) is 3. The molecule has 0 saturated carbocycles. The molecule has 1 saturated heterocycles. The van der Waals surface area contributed by atoms with Gasteiger partial charge in [0.1, 0.15) is 11.9 Å². The van der Waals surface area contributed by atoms with Crippen LogP contribution in [0.2, 0.25) is 0 Å². The van der Waals surface area contributed by atoms with E-state index in [1.54, 1.807) is 19.4 Å². The number of aromatic amines is 1. The normalized spacial score (nSPS) is 19.7. The maximum atomic E-state index is 12.5. The molecule has 4 rings (SSSR count). The summed E-state index contributed by atoms with van der Waals surface area (Å²) in [6.07, 6.45) is 3.54. The van der Waals surface area contributed by atoms with Crippen molar-refractivity contribution in [1.29, 1.82) is 0 Å². The Bertz CT molecular complexity index is 1010. The second-order valence-corrected chi connectivity index (χ2v) is 7.61. The molecule has 31 heavy (non-hydrogen) atoms. The molecule has 1 aromatic carbocycles. The van der Waals surface area contributed by atoms with Gasteiger partial charge < -0.3 is 19.5 Å². The highest BCUT2D eigenvalue weighted by Crippen LogP contribution is 2.27. The first-order chi connectivity index (χ1) is 15.1. The number of anilines is 1. The smallest absolute Gasteiger partial charge is 0.320 e. The van der Waals surface area contributed by atoms with Crippen molar-refractivity contribution < 1.29 is 19.0 Å². The van der Waals surface area contributed by atoms with Gasteiger partial charge in [-0.25, -0.2) is 9.78 Å². The Hall–Kier alpha value is -3.17. The molecule has 2 aromatic heterocycles. The van der Waals surface area contributed by atoms with Crippen molar-refractivity contribution in [3.63, 3.8) is 0 Å². The molecule has 9 nitrogen and oxygen atoms in total. The molecule has 0 radical (unpaired) electrons. The van der Waals surface area contributed by atoms with Gasteiger partial charge in [0.15, 0.2) is 0 Å². The summed E-state index contributed by atoms with van der Waals surface area (Å²) in [7, 11) is 1.60. The van der Waals surface area contributed by atoms with Crippen molar-refractivity contribution >= 4 is 22.8 Å². The number of H-pyrrole nitrogens is 1. The van der Waals surface area contributed by atoms with Crippen LogP contribution < -0.4 is 15.4 Å². The van der Waals surface area contributed by atoms with Crippen LogP contribution in [0.15, 0.2) is 42.6 Å². The molecule has 0 aliphatic carbocycles. The summed E-state index contributed by atoms with van der Waals surface area (Å²) in [4.78, 5) is 16.9. The van der Waals surface area contributed by atoms with Crippen LogP contribution in [0, 0.1) is 0 Å². The number of aromatic nitrogens is 3. The van der Waals surface area contributed by atoms with Crippen molar-refractivity contribution in [2.24, 2.45) is 0 Å². The molecule has 0 unspecified atom stereocenters. The number of rotatable bonds is 7. The molecule has 0 spiro atoms. The van der Waals surface area contributed by atoms with E-state index < -0.39 is 0 Å². The van der Waals surface area contributed by atoms with E-state index in [2.05, 4.69) is 25.8 Å². The Kier molecular flexibility index (Phi) is 6.63. The average molecular weight is 425 g/mol. The summed E-state index contributed by atoms with van der Waals surface area (Å²) in [6, 6.07) is 10.7. The first-order valence-electron chi connectivity index (χ1n) is 10.4. The van der Waals surface area contributed by atoms with Gasteiger partial charge in [-0.2, -0.15) is 0 Å². The first-order valence-corrected chi connectivity index (χ1v) is 10.4. The van der Waals surface area contributed by atoms with Gasteiger partial charge in [-0.05, 0) is 12.5 Å². The Balaban J connectivity index is 1.41. The van der Waals surface area contributed by atoms with Crippen molar-refractivity contribution in [2.45, 2.75) is 38.0 Å². The molecule has 1 aliphatic heterocycles. The predicted octanol–water partition coefficient (Wildman–Crippen LogP) is 3.41. The maximum absolute atomic E-state index is 12.5. The highest BCUT2D eigenvalue weighted by Gasteiger charge is 2.23. The number of nitrogens with zero attached hydrogens (tertiary/aromatic N) is 2. The van der Waals surface area contributed by atoms with E-state index in [0.29, 0.717) is 24.9 Å². The number of amides is 2. The molecule has 0 bridgehead atoms. The lowest BCUT2D eigenvalue weighted by Gasteiger charge is -2.27. The molecule has 1 aliphatic rings. The predicted molar refractivity (Wildman–Crippen MR) is 116 cm³/mol. The van der Waals surface area contributed by atoms with Crippen LogP contribution in [0.1, 0.15) is 31.4 Å². The SMILES string of the molecule is COC[C@@H](NC(=O)Nc1cc2[nH]nc(O[C@@H]3CCO[C@@H](C)C3)c2cn1)c1ccccc1. The van der Waals surface area contributed by atoms with Gasteiger partial charge in [-0.3, -0.25) is 10.4 Å². The quantitative estimate of drug-likeness (QED) is 0.535. The van der Waals surface area contributed by atoms with Crippen LogP contribution in [0.25, 0.3) is 10.9 Å². The van der Waals surface area contributed by atoms with Crippen LogP contribution in [-0.2, 0) is 9.47 Å². The number of carbonyl (C=O) groups is 1. The number of benzene rings is 1. The largest absolute Gasteiger partial charge is 0.473 e. The Morgan fingerprint density at radius 2 is 2.19 bits per heavy atom. The van der Waals surface area contributed by atoms with E-state index in [1.807, 2.05) is 37.3 Å². The molecule has 9 heteroatoms. The third-order valence-corrected chi connectivity index (χ3v) is 5.21.